The number of anilines is 1. The number of amides is 2. The van der Waals surface area contributed by atoms with E-state index < -0.39 is 5.54 Å². The molecule has 7 heteroatoms. The first-order valence-corrected chi connectivity index (χ1v) is 12.0. The molecule has 1 N–H and O–H groups in total. The lowest BCUT2D eigenvalue weighted by Gasteiger charge is -2.44. The van der Waals surface area contributed by atoms with Crippen LogP contribution in [0.1, 0.15) is 34.1 Å². The Morgan fingerprint density at radius 1 is 1.12 bits per heavy atom. The maximum absolute atomic E-state index is 13.9. The summed E-state index contributed by atoms with van der Waals surface area (Å²) in [6.07, 6.45) is 0. The van der Waals surface area contributed by atoms with Crippen LogP contribution in [-0.2, 0) is 17.9 Å². The fourth-order valence-corrected chi connectivity index (χ4v) is 5.53. The second-order valence-corrected chi connectivity index (χ2v) is 10.1. The Labute approximate surface area is 201 Å². The number of carbonyl (C=O) groups is 2. The molecular weight excluding hydrogens is 454 g/mol. The highest BCUT2D eigenvalue weighted by molar-refractivity contribution is 7.16. The summed E-state index contributed by atoms with van der Waals surface area (Å²) in [7, 11) is 0. The Balaban J connectivity index is 1.58. The number of aryl methyl sites for hydroxylation is 2. The number of carbonyl (C=O) groups excluding carboxylic acids is 2. The van der Waals surface area contributed by atoms with Crippen molar-refractivity contribution >= 4 is 50.7 Å². The Bertz CT molecular complexity index is 1390. The molecule has 1 aliphatic heterocycles. The van der Waals surface area contributed by atoms with Gasteiger partial charge in [-0.25, -0.2) is 0 Å². The number of nitrogens with one attached hydrogen (secondary N) is 1. The maximum Gasteiger partial charge on any atom is 0.275 e. The van der Waals surface area contributed by atoms with E-state index in [1.807, 2.05) is 73.2 Å². The van der Waals surface area contributed by atoms with Crippen LogP contribution >= 0.6 is 22.9 Å². The van der Waals surface area contributed by atoms with Gasteiger partial charge in [-0.15, -0.1) is 11.3 Å². The Morgan fingerprint density at radius 2 is 1.88 bits per heavy atom. The van der Waals surface area contributed by atoms with Crippen LogP contribution in [0.2, 0.25) is 5.02 Å². The molecule has 2 amide bonds. The normalized spacial score (nSPS) is 17.9. The molecule has 0 fully saturated rings. The average molecular weight is 478 g/mol. The lowest BCUT2D eigenvalue weighted by Crippen LogP contribution is -2.64. The van der Waals surface area contributed by atoms with Gasteiger partial charge in [0.25, 0.3) is 5.91 Å². The third kappa shape index (κ3) is 3.63. The van der Waals surface area contributed by atoms with E-state index in [2.05, 4.69) is 5.32 Å². The molecule has 0 aliphatic carbocycles. The smallest absolute Gasteiger partial charge is 0.275 e. The number of fused-ring (bicyclic) bond motifs is 3. The third-order valence-corrected chi connectivity index (χ3v) is 7.55. The molecule has 0 saturated carbocycles. The lowest BCUT2D eigenvalue weighted by molar-refractivity contribution is -0.126. The molecule has 0 spiro atoms. The van der Waals surface area contributed by atoms with Crippen molar-refractivity contribution in [2.75, 3.05) is 4.90 Å². The molecule has 33 heavy (non-hydrogen) atoms. The summed E-state index contributed by atoms with van der Waals surface area (Å²) in [5, 5.41) is 6.75. The fraction of sp³-hybridized carbons (Fsp3) is 0.231. The van der Waals surface area contributed by atoms with E-state index in [1.165, 1.54) is 0 Å². The summed E-state index contributed by atoms with van der Waals surface area (Å²) >= 11 is 7.58. The number of thiophene rings is 1. The number of nitrogens with zero attached hydrogens (tertiary/aromatic N) is 2. The quantitative estimate of drug-likeness (QED) is 0.409. The van der Waals surface area contributed by atoms with Crippen LogP contribution < -0.4 is 10.2 Å². The van der Waals surface area contributed by atoms with Crippen molar-refractivity contribution < 1.29 is 9.59 Å². The number of aromatic nitrogens is 1. The molecule has 1 atom stereocenters. The summed E-state index contributed by atoms with van der Waals surface area (Å²) in [6, 6.07) is 17.3. The topological polar surface area (TPSA) is 54.3 Å². The van der Waals surface area contributed by atoms with E-state index in [1.54, 1.807) is 28.4 Å². The minimum absolute atomic E-state index is 0.164. The Hall–Kier alpha value is -3.09. The van der Waals surface area contributed by atoms with Crippen molar-refractivity contribution in [2.45, 2.75) is 39.4 Å². The second kappa shape index (κ2) is 8.04. The van der Waals surface area contributed by atoms with Crippen molar-refractivity contribution in [3.05, 3.63) is 87.4 Å². The Morgan fingerprint density at radius 3 is 2.64 bits per heavy atom. The Kier molecular flexibility index (Phi) is 5.30. The molecule has 2 aromatic carbocycles. The van der Waals surface area contributed by atoms with Crippen LogP contribution in [0.4, 0.5) is 5.69 Å². The van der Waals surface area contributed by atoms with Crippen LogP contribution in [-0.4, -0.2) is 21.9 Å². The van der Waals surface area contributed by atoms with Crippen LogP contribution in [0.25, 0.3) is 10.2 Å². The number of hydrogen-bond acceptors (Lipinski definition) is 3. The average Bonchev–Trinajstić information content (AvgIpc) is 3.38. The van der Waals surface area contributed by atoms with Gasteiger partial charge < -0.3 is 9.88 Å². The van der Waals surface area contributed by atoms with Gasteiger partial charge in [-0.05, 0) is 73.2 Å². The highest BCUT2D eigenvalue weighted by Gasteiger charge is 2.49. The summed E-state index contributed by atoms with van der Waals surface area (Å²) < 4.78 is 1.99. The van der Waals surface area contributed by atoms with Crippen molar-refractivity contribution in [3.8, 4) is 0 Å². The molecule has 4 aromatic rings. The molecule has 5 rings (SSSR count). The molecule has 1 aliphatic rings. The van der Waals surface area contributed by atoms with E-state index in [9.17, 15) is 9.59 Å². The van der Waals surface area contributed by atoms with Gasteiger partial charge in [-0.2, -0.15) is 0 Å². The van der Waals surface area contributed by atoms with E-state index in [0.29, 0.717) is 23.8 Å². The summed E-state index contributed by atoms with van der Waals surface area (Å²) in [5.74, 6) is -0.363. The minimum atomic E-state index is -1.11. The molecule has 3 heterocycles. The van der Waals surface area contributed by atoms with Gasteiger partial charge >= 0.3 is 0 Å². The largest absolute Gasteiger partial charge is 0.350 e. The third-order valence-electron chi connectivity index (χ3n) is 6.35. The van der Waals surface area contributed by atoms with Gasteiger partial charge in [-0.1, -0.05) is 35.9 Å². The predicted octanol–water partition coefficient (Wildman–Crippen LogP) is 5.71. The van der Waals surface area contributed by atoms with Crippen molar-refractivity contribution in [1.82, 2.24) is 9.88 Å². The maximum atomic E-state index is 13.9. The number of rotatable bonds is 4. The van der Waals surface area contributed by atoms with Gasteiger partial charge in [0.2, 0.25) is 5.91 Å². The van der Waals surface area contributed by atoms with E-state index in [4.69, 9.17) is 11.6 Å². The first-order chi connectivity index (χ1) is 15.8. The first kappa shape index (κ1) is 21.7. The lowest BCUT2D eigenvalue weighted by atomic mass is 9.92. The van der Waals surface area contributed by atoms with Gasteiger partial charge in [-0.3, -0.25) is 14.5 Å². The van der Waals surface area contributed by atoms with Crippen molar-refractivity contribution in [2.24, 2.45) is 0 Å². The summed E-state index contributed by atoms with van der Waals surface area (Å²) in [5.41, 5.74) is 3.20. The SMILES string of the molecule is Cc1ccc(C)c(N2C(=O)c3cc4ccsc4n3C[C@@]2(C)C(=O)NCc2ccc(Cl)cc2)c1. The van der Waals surface area contributed by atoms with Gasteiger partial charge in [0.05, 0.1) is 6.54 Å². The highest BCUT2D eigenvalue weighted by Crippen LogP contribution is 2.38. The highest BCUT2D eigenvalue weighted by atomic mass is 35.5. The summed E-state index contributed by atoms with van der Waals surface area (Å²) in [4.78, 5) is 30.3. The van der Waals surface area contributed by atoms with Gasteiger partial charge in [0, 0.05) is 22.6 Å². The standard InChI is InChI=1S/C26H24ClN3O2S/c1-16-4-5-17(2)21(12-16)30-23(31)22-13-19-10-11-33-24(19)29(22)15-26(30,3)25(32)28-14-18-6-8-20(27)9-7-18/h4-13H,14-15H2,1-3H3,(H,28,32)/t26-/m0/s1. The second-order valence-electron chi connectivity index (χ2n) is 8.81. The van der Waals surface area contributed by atoms with Crippen LogP contribution in [0.15, 0.2) is 60.0 Å². The van der Waals surface area contributed by atoms with E-state index >= 15 is 0 Å². The van der Waals surface area contributed by atoms with E-state index in [0.717, 1.165) is 32.6 Å². The van der Waals surface area contributed by atoms with Gasteiger partial charge in [0.1, 0.15) is 16.1 Å². The first-order valence-electron chi connectivity index (χ1n) is 10.8. The molecule has 5 nitrogen and oxygen atoms in total. The molecule has 2 aromatic heterocycles. The number of benzene rings is 2. The number of hydrogen-bond donors (Lipinski definition) is 1. The molecule has 0 saturated heterocycles. The zero-order valence-corrected chi connectivity index (χ0v) is 20.3. The van der Waals surface area contributed by atoms with Crippen LogP contribution in [0, 0.1) is 13.8 Å². The van der Waals surface area contributed by atoms with Crippen molar-refractivity contribution in [1.29, 1.82) is 0 Å². The summed E-state index contributed by atoms with van der Waals surface area (Å²) in [6.45, 7) is 6.55. The number of halogens is 1. The van der Waals surface area contributed by atoms with Crippen LogP contribution in [0.5, 0.6) is 0 Å². The predicted molar refractivity (Wildman–Crippen MR) is 134 cm³/mol. The van der Waals surface area contributed by atoms with Crippen LogP contribution in [0.3, 0.4) is 0 Å². The minimum Gasteiger partial charge on any atom is -0.350 e. The molecule has 0 unspecified atom stereocenters. The van der Waals surface area contributed by atoms with Gasteiger partial charge in [0.15, 0.2) is 0 Å². The fourth-order valence-electron chi connectivity index (χ4n) is 4.51. The zero-order valence-electron chi connectivity index (χ0n) is 18.7. The molecule has 168 valence electrons. The molecular formula is C26H24ClN3O2S. The van der Waals surface area contributed by atoms with Crippen molar-refractivity contribution in [3.63, 3.8) is 0 Å². The van der Waals surface area contributed by atoms with E-state index in [-0.39, 0.29) is 11.8 Å². The molecule has 0 bridgehead atoms. The zero-order chi connectivity index (χ0) is 23.3. The monoisotopic (exact) mass is 477 g/mol. The molecule has 0 radical (unpaired) electrons.